The summed E-state index contributed by atoms with van der Waals surface area (Å²) in [6, 6.07) is -0.456. The maximum absolute atomic E-state index is 11.3. The highest BCUT2D eigenvalue weighted by Crippen LogP contribution is 2.03. The van der Waals surface area contributed by atoms with E-state index in [-0.39, 0.29) is 11.8 Å². The van der Waals surface area contributed by atoms with E-state index < -0.39 is 6.04 Å². The summed E-state index contributed by atoms with van der Waals surface area (Å²) in [6.07, 6.45) is 0.774. The molecule has 0 aromatic rings. The first-order chi connectivity index (χ1) is 6.67. The lowest BCUT2D eigenvalue weighted by Gasteiger charge is -2.22. The number of carbonyl (C=O) groups excluding carboxylic acids is 2. The summed E-state index contributed by atoms with van der Waals surface area (Å²) in [4.78, 5) is 25.8. The number of hydrogen-bond donors (Lipinski definition) is 4. The molecule has 0 bridgehead atoms. The van der Waals surface area contributed by atoms with Crippen molar-refractivity contribution in [1.29, 1.82) is 0 Å². The number of piperidine rings is 1. The van der Waals surface area contributed by atoms with Crippen LogP contribution in [0.2, 0.25) is 0 Å². The van der Waals surface area contributed by atoms with Gasteiger partial charge in [-0.25, -0.2) is 5.84 Å². The normalized spacial score (nSPS) is 23.0. The van der Waals surface area contributed by atoms with Crippen molar-refractivity contribution < 1.29 is 9.59 Å². The first-order valence-corrected chi connectivity index (χ1v) is 4.21. The summed E-state index contributed by atoms with van der Waals surface area (Å²) < 4.78 is 0. The Morgan fingerprint density at radius 1 is 1.64 bits per heavy atom. The second kappa shape index (κ2) is 4.56. The monoisotopic (exact) mass is 199 g/mol. The van der Waals surface area contributed by atoms with Crippen molar-refractivity contribution >= 4 is 17.8 Å². The first-order valence-electron chi connectivity index (χ1n) is 4.21. The fourth-order valence-corrected chi connectivity index (χ4v) is 1.17. The number of aliphatic imine (C=N–C) groups is 1. The van der Waals surface area contributed by atoms with Crippen LogP contribution in [0.3, 0.4) is 0 Å². The van der Waals surface area contributed by atoms with Gasteiger partial charge in [-0.1, -0.05) is 0 Å². The van der Waals surface area contributed by atoms with E-state index in [9.17, 15) is 9.59 Å². The first kappa shape index (κ1) is 10.5. The minimum absolute atomic E-state index is 0.247. The van der Waals surface area contributed by atoms with Crippen molar-refractivity contribution in [2.24, 2.45) is 10.8 Å². The van der Waals surface area contributed by atoms with Gasteiger partial charge in [0.05, 0.1) is 0 Å². The van der Waals surface area contributed by atoms with Gasteiger partial charge in [0.25, 0.3) is 0 Å². The molecule has 5 N–H and O–H groups in total. The summed E-state index contributed by atoms with van der Waals surface area (Å²) in [5.74, 6) is 4.85. The van der Waals surface area contributed by atoms with Crippen LogP contribution in [0.5, 0.6) is 0 Å². The third-order valence-corrected chi connectivity index (χ3v) is 1.91. The Morgan fingerprint density at radius 2 is 2.36 bits per heavy atom. The van der Waals surface area contributed by atoms with Gasteiger partial charge in [-0.2, -0.15) is 0 Å². The fourth-order valence-electron chi connectivity index (χ4n) is 1.17. The SMILES string of the molecule is CN=C(NN)NC1CCC(=O)NC1=O. The molecule has 1 atom stereocenters. The molecule has 0 aromatic carbocycles. The number of nitrogens with zero attached hydrogens (tertiary/aromatic N) is 1. The molecule has 1 rings (SSSR count). The zero-order valence-corrected chi connectivity index (χ0v) is 7.83. The minimum atomic E-state index is -0.456. The average molecular weight is 199 g/mol. The summed E-state index contributed by atoms with van der Waals surface area (Å²) in [5.41, 5.74) is 2.30. The highest BCUT2D eigenvalue weighted by Gasteiger charge is 2.26. The van der Waals surface area contributed by atoms with Gasteiger partial charge >= 0.3 is 0 Å². The highest BCUT2D eigenvalue weighted by atomic mass is 16.2. The van der Waals surface area contributed by atoms with Crippen LogP contribution >= 0.6 is 0 Å². The van der Waals surface area contributed by atoms with E-state index in [1.54, 1.807) is 0 Å². The Hall–Kier alpha value is -1.63. The Labute approximate surface area is 81.1 Å². The van der Waals surface area contributed by atoms with Crippen LogP contribution in [-0.4, -0.2) is 30.9 Å². The quantitative estimate of drug-likeness (QED) is 0.126. The largest absolute Gasteiger partial charge is 0.344 e. The molecule has 78 valence electrons. The molecule has 1 unspecified atom stereocenters. The topological polar surface area (TPSA) is 109 Å². The molecule has 0 saturated carbocycles. The Bertz CT molecular complexity index is 275. The molecule has 1 aliphatic heterocycles. The van der Waals surface area contributed by atoms with Gasteiger partial charge in [0.15, 0.2) is 0 Å². The number of nitrogens with two attached hydrogens (primary N) is 1. The van der Waals surface area contributed by atoms with E-state index in [4.69, 9.17) is 5.84 Å². The van der Waals surface area contributed by atoms with Crippen LogP contribution in [0.4, 0.5) is 0 Å². The van der Waals surface area contributed by atoms with Crippen molar-refractivity contribution in [3.05, 3.63) is 0 Å². The van der Waals surface area contributed by atoms with E-state index in [0.29, 0.717) is 18.8 Å². The molecule has 1 fully saturated rings. The molecule has 2 amide bonds. The van der Waals surface area contributed by atoms with Gasteiger partial charge in [-0.15, -0.1) is 0 Å². The van der Waals surface area contributed by atoms with Crippen molar-refractivity contribution in [3.8, 4) is 0 Å². The molecule has 0 aromatic heterocycles. The minimum Gasteiger partial charge on any atom is -0.344 e. The highest BCUT2D eigenvalue weighted by molar-refractivity contribution is 6.01. The van der Waals surface area contributed by atoms with Gasteiger partial charge in [-0.05, 0) is 6.42 Å². The maximum atomic E-state index is 11.3. The predicted molar refractivity (Wildman–Crippen MR) is 50.0 cm³/mol. The Kier molecular flexibility index (Phi) is 3.41. The zero-order chi connectivity index (χ0) is 10.6. The van der Waals surface area contributed by atoms with Crippen molar-refractivity contribution in [1.82, 2.24) is 16.1 Å². The number of hydrogen-bond acceptors (Lipinski definition) is 4. The molecule has 0 aliphatic carbocycles. The second-order valence-corrected chi connectivity index (χ2v) is 2.86. The number of nitrogens with one attached hydrogen (secondary N) is 3. The number of amides is 2. The predicted octanol–water partition coefficient (Wildman–Crippen LogP) is -2.17. The van der Waals surface area contributed by atoms with E-state index in [1.807, 2.05) is 0 Å². The number of carbonyl (C=O) groups is 2. The molecule has 14 heavy (non-hydrogen) atoms. The van der Waals surface area contributed by atoms with E-state index in [2.05, 4.69) is 21.1 Å². The smallest absolute Gasteiger partial charge is 0.249 e. The molecule has 7 heteroatoms. The average Bonchev–Trinajstić information content (AvgIpc) is 2.17. The summed E-state index contributed by atoms with van der Waals surface area (Å²) in [6.45, 7) is 0. The summed E-state index contributed by atoms with van der Waals surface area (Å²) >= 11 is 0. The lowest BCUT2D eigenvalue weighted by Crippen LogP contribution is -2.55. The lowest BCUT2D eigenvalue weighted by molar-refractivity contribution is -0.134. The van der Waals surface area contributed by atoms with Gasteiger partial charge in [0.1, 0.15) is 6.04 Å². The number of hydrazine groups is 1. The summed E-state index contributed by atoms with van der Waals surface area (Å²) in [5, 5.41) is 4.99. The molecular weight excluding hydrogens is 186 g/mol. The number of rotatable bonds is 1. The van der Waals surface area contributed by atoms with E-state index in [0.717, 1.165) is 0 Å². The molecule has 0 spiro atoms. The van der Waals surface area contributed by atoms with Crippen LogP contribution in [0.15, 0.2) is 4.99 Å². The van der Waals surface area contributed by atoms with E-state index >= 15 is 0 Å². The van der Waals surface area contributed by atoms with Crippen LogP contribution < -0.4 is 21.9 Å². The third-order valence-electron chi connectivity index (χ3n) is 1.91. The molecule has 0 radical (unpaired) electrons. The standard InChI is InChI=1S/C7H13N5O2/c1-9-7(12-8)10-4-2-3-5(13)11-6(4)14/h4H,2-3,8H2,1H3,(H2,9,10,12)(H,11,13,14). The molecule has 1 heterocycles. The van der Waals surface area contributed by atoms with Crippen LogP contribution in [0.1, 0.15) is 12.8 Å². The van der Waals surface area contributed by atoms with Crippen LogP contribution in [0, 0.1) is 0 Å². The fraction of sp³-hybridized carbons (Fsp3) is 0.571. The summed E-state index contributed by atoms with van der Waals surface area (Å²) in [7, 11) is 1.54. The molecule has 1 saturated heterocycles. The zero-order valence-electron chi connectivity index (χ0n) is 7.83. The van der Waals surface area contributed by atoms with Crippen molar-refractivity contribution in [2.45, 2.75) is 18.9 Å². The van der Waals surface area contributed by atoms with Gasteiger partial charge in [-0.3, -0.25) is 25.3 Å². The molecule has 7 nitrogen and oxygen atoms in total. The number of imide groups is 1. The molecular formula is C7H13N5O2. The molecule has 1 aliphatic rings. The van der Waals surface area contributed by atoms with Crippen molar-refractivity contribution in [2.75, 3.05) is 7.05 Å². The third kappa shape index (κ3) is 2.43. The second-order valence-electron chi connectivity index (χ2n) is 2.86. The van der Waals surface area contributed by atoms with Gasteiger partial charge in [0, 0.05) is 13.5 Å². The Balaban J connectivity index is 2.53. The van der Waals surface area contributed by atoms with Crippen LogP contribution in [-0.2, 0) is 9.59 Å². The van der Waals surface area contributed by atoms with Gasteiger partial charge in [0.2, 0.25) is 17.8 Å². The van der Waals surface area contributed by atoms with Crippen LogP contribution in [0.25, 0.3) is 0 Å². The lowest BCUT2D eigenvalue weighted by atomic mass is 10.1. The Morgan fingerprint density at radius 3 is 2.86 bits per heavy atom. The maximum Gasteiger partial charge on any atom is 0.249 e. The van der Waals surface area contributed by atoms with Gasteiger partial charge < -0.3 is 5.32 Å². The van der Waals surface area contributed by atoms with E-state index in [1.165, 1.54) is 7.05 Å². The van der Waals surface area contributed by atoms with Crippen molar-refractivity contribution in [3.63, 3.8) is 0 Å². The number of guanidine groups is 1.